The third-order valence-corrected chi connectivity index (χ3v) is 5.45. The normalized spacial score (nSPS) is 13.0. The second-order valence-electron chi connectivity index (χ2n) is 5.51. The third-order valence-electron chi connectivity index (χ3n) is 3.72. The van der Waals surface area contributed by atoms with Crippen molar-refractivity contribution in [2.45, 2.75) is 24.8 Å². The first-order valence-electron chi connectivity index (χ1n) is 7.37. The van der Waals surface area contributed by atoms with Gasteiger partial charge >= 0.3 is 0 Å². The van der Waals surface area contributed by atoms with Crippen molar-refractivity contribution < 1.29 is 13.3 Å². The molecule has 0 saturated carbocycles. The smallest absolute Gasteiger partial charge is 0.285 e. The molecule has 2 aromatic heterocycles. The highest BCUT2D eigenvalue weighted by atomic mass is 32.2. The van der Waals surface area contributed by atoms with Crippen molar-refractivity contribution in [2.75, 3.05) is 0 Å². The number of sulfonamides is 1. The Labute approximate surface area is 143 Å². The van der Waals surface area contributed by atoms with Crippen molar-refractivity contribution in [1.82, 2.24) is 19.3 Å². The lowest BCUT2D eigenvalue weighted by Crippen LogP contribution is -2.29. The van der Waals surface area contributed by atoms with Gasteiger partial charge in [-0.25, -0.2) is 13.1 Å². The Kier molecular flexibility index (Phi) is 4.23. The number of aryl methyl sites for hydroxylation is 1. The molecule has 25 heavy (non-hydrogen) atoms. The van der Waals surface area contributed by atoms with E-state index in [4.69, 9.17) is 0 Å². The zero-order valence-corrected chi connectivity index (χ0v) is 14.3. The Morgan fingerprint density at radius 1 is 1.20 bits per heavy atom. The lowest BCUT2D eigenvalue weighted by atomic mass is 10.2. The van der Waals surface area contributed by atoms with Crippen molar-refractivity contribution >= 4 is 21.4 Å². The Bertz CT molecular complexity index is 1060. The Balaban J connectivity index is 2.01. The van der Waals surface area contributed by atoms with E-state index in [1.807, 2.05) is 0 Å². The molecule has 0 unspecified atom stereocenters. The summed E-state index contributed by atoms with van der Waals surface area (Å²) in [7, 11) is -4.13. The van der Waals surface area contributed by atoms with E-state index in [1.165, 1.54) is 25.1 Å². The van der Waals surface area contributed by atoms with Gasteiger partial charge in [0.05, 0.1) is 11.0 Å². The summed E-state index contributed by atoms with van der Waals surface area (Å²) < 4.78 is 29.6. The molecule has 1 aromatic carbocycles. The number of nitro groups is 1. The van der Waals surface area contributed by atoms with Crippen LogP contribution in [0.2, 0.25) is 0 Å². The van der Waals surface area contributed by atoms with Crippen LogP contribution in [-0.2, 0) is 10.0 Å². The lowest BCUT2D eigenvalue weighted by Gasteiger charge is -2.14. The Morgan fingerprint density at radius 2 is 1.96 bits per heavy atom. The largest absolute Gasteiger partial charge is 0.289 e. The molecular formula is C15H15N5O4S. The van der Waals surface area contributed by atoms with Gasteiger partial charge in [0.2, 0.25) is 10.0 Å². The number of fused-ring (bicyclic) bond motifs is 1. The van der Waals surface area contributed by atoms with E-state index in [0.29, 0.717) is 17.0 Å². The standard InChI is InChI=1S/C15H15N5O4S/c1-10-6-5-7-12(20(21)22)14(10)25(23,24)18-11(2)15-17-16-13-8-3-4-9-19(13)15/h3-9,11,18H,1-2H3/t11-/m0/s1. The molecule has 0 aliphatic heterocycles. The topological polar surface area (TPSA) is 120 Å². The zero-order chi connectivity index (χ0) is 18.2. The van der Waals surface area contributed by atoms with Crippen molar-refractivity contribution in [3.63, 3.8) is 0 Å². The van der Waals surface area contributed by atoms with Gasteiger partial charge in [0.25, 0.3) is 5.69 Å². The predicted octanol–water partition coefficient (Wildman–Crippen LogP) is 1.99. The minimum absolute atomic E-state index is 0.292. The highest BCUT2D eigenvalue weighted by molar-refractivity contribution is 7.89. The minimum atomic E-state index is -4.13. The van der Waals surface area contributed by atoms with E-state index in [2.05, 4.69) is 14.9 Å². The van der Waals surface area contributed by atoms with Gasteiger partial charge in [0.15, 0.2) is 16.4 Å². The molecule has 0 radical (unpaired) electrons. The zero-order valence-electron chi connectivity index (χ0n) is 13.4. The Hall–Kier alpha value is -2.85. The van der Waals surface area contributed by atoms with Gasteiger partial charge in [-0.15, -0.1) is 10.2 Å². The monoisotopic (exact) mass is 361 g/mol. The first kappa shape index (κ1) is 17.0. The number of benzene rings is 1. The van der Waals surface area contributed by atoms with Gasteiger partial charge in [-0.1, -0.05) is 18.2 Å². The molecule has 0 fully saturated rings. The van der Waals surface area contributed by atoms with E-state index < -0.39 is 26.7 Å². The number of aromatic nitrogens is 3. The van der Waals surface area contributed by atoms with Crippen molar-refractivity contribution in [3.8, 4) is 0 Å². The third kappa shape index (κ3) is 3.08. The lowest BCUT2D eigenvalue weighted by molar-refractivity contribution is -0.387. The van der Waals surface area contributed by atoms with Gasteiger partial charge in [0, 0.05) is 12.3 Å². The van der Waals surface area contributed by atoms with Crippen LogP contribution >= 0.6 is 0 Å². The maximum atomic E-state index is 12.7. The minimum Gasteiger partial charge on any atom is -0.285 e. The first-order valence-corrected chi connectivity index (χ1v) is 8.85. The molecule has 10 heteroatoms. The molecule has 0 spiro atoms. The van der Waals surface area contributed by atoms with Gasteiger partial charge in [-0.3, -0.25) is 14.5 Å². The van der Waals surface area contributed by atoms with Crippen LogP contribution < -0.4 is 4.72 Å². The molecule has 1 atom stereocenters. The highest BCUT2D eigenvalue weighted by Gasteiger charge is 2.30. The summed E-state index contributed by atoms with van der Waals surface area (Å²) in [6.45, 7) is 3.11. The van der Waals surface area contributed by atoms with Crippen LogP contribution in [-0.4, -0.2) is 27.9 Å². The number of rotatable bonds is 5. The van der Waals surface area contributed by atoms with Gasteiger partial charge < -0.3 is 0 Å². The molecule has 0 amide bonds. The first-order chi connectivity index (χ1) is 11.8. The molecule has 1 N–H and O–H groups in total. The van der Waals surface area contributed by atoms with Gasteiger partial charge in [-0.2, -0.15) is 0 Å². The van der Waals surface area contributed by atoms with Crippen LogP contribution in [0.25, 0.3) is 5.65 Å². The number of pyridine rings is 1. The van der Waals surface area contributed by atoms with Crippen LogP contribution in [0.5, 0.6) is 0 Å². The predicted molar refractivity (Wildman–Crippen MR) is 89.6 cm³/mol. The fourth-order valence-corrected chi connectivity index (χ4v) is 4.23. The molecule has 3 rings (SSSR count). The fourth-order valence-electron chi connectivity index (χ4n) is 2.63. The summed E-state index contributed by atoms with van der Waals surface area (Å²) in [4.78, 5) is 10.1. The molecule has 0 aliphatic carbocycles. The van der Waals surface area contributed by atoms with Crippen molar-refractivity contribution in [3.05, 3.63) is 64.1 Å². The quantitative estimate of drug-likeness (QED) is 0.548. The van der Waals surface area contributed by atoms with Crippen LogP contribution in [0.1, 0.15) is 24.4 Å². The number of nitro benzene ring substituents is 1. The fraction of sp³-hybridized carbons (Fsp3) is 0.200. The number of hydrogen-bond donors (Lipinski definition) is 1. The van der Waals surface area contributed by atoms with Crippen LogP contribution in [0.4, 0.5) is 5.69 Å². The summed E-state index contributed by atoms with van der Waals surface area (Å²) in [6.07, 6.45) is 1.71. The summed E-state index contributed by atoms with van der Waals surface area (Å²) in [6, 6.07) is 8.69. The van der Waals surface area contributed by atoms with E-state index >= 15 is 0 Å². The molecule has 0 bridgehead atoms. The van der Waals surface area contributed by atoms with Crippen molar-refractivity contribution in [2.24, 2.45) is 0 Å². The van der Waals surface area contributed by atoms with E-state index in [-0.39, 0.29) is 4.90 Å². The molecule has 2 heterocycles. The second kappa shape index (κ2) is 6.22. The highest BCUT2D eigenvalue weighted by Crippen LogP contribution is 2.28. The summed E-state index contributed by atoms with van der Waals surface area (Å²) >= 11 is 0. The summed E-state index contributed by atoms with van der Waals surface area (Å²) in [5.41, 5.74) is 0.399. The van der Waals surface area contributed by atoms with Crippen LogP contribution in [0, 0.1) is 17.0 Å². The maximum Gasteiger partial charge on any atom is 0.289 e. The maximum absolute atomic E-state index is 12.7. The molecule has 0 aliphatic rings. The van der Waals surface area contributed by atoms with Crippen LogP contribution in [0.15, 0.2) is 47.5 Å². The molecule has 130 valence electrons. The molecule has 0 saturated heterocycles. The van der Waals surface area contributed by atoms with Gasteiger partial charge in [-0.05, 0) is 31.5 Å². The van der Waals surface area contributed by atoms with Crippen LogP contribution in [0.3, 0.4) is 0 Å². The summed E-state index contributed by atoms with van der Waals surface area (Å²) in [5.74, 6) is 0.385. The number of nitrogens with one attached hydrogen (secondary N) is 1. The average Bonchev–Trinajstić information content (AvgIpc) is 2.98. The molecular weight excluding hydrogens is 346 g/mol. The number of hydrogen-bond acceptors (Lipinski definition) is 6. The summed E-state index contributed by atoms with van der Waals surface area (Å²) in [5, 5.41) is 19.2. The Morgan fingerprint density at radius 3 is 2.68 bits per heavy atom. The van der Waals surface area contributed by atoms with E-state index in [1.54, 1.807) is 35.7 Å². The van der Waals surface area contributed by atoms with Crippen molar-refractivity contribution in [1.29, 1.82) is 0 Å². The van der Waals surface area contributed by atoms with Gasteiger partial charge in [0.1, 0.15) is 0 Å². The second-order valence-corrected chi connectivity index (χ2v) is 7.16. The average molecular weight is 361 g/mol. The van der Waals surface area contributed by atoms with E-state index in [9.17, 15) is 18.5 Å². The van der Waals surface area contributed by atoms with E-state index in [0.717, 1.165) is 0 Å². The molecule has 3 aromatic rings. The molecule has 9 nitrogen and oxygen atoms in total. The number of nitrogens with zero attached hydrogens (tertiary/aromatic N) is 4. The SMILES string of the molecule is Cc1cccc([N+](=O)[O-])c1S(=O)(=O)N[C@@H](C)c1nnc2ccccn12.